The smallest absolute Gasteiger partial charge is 0.306 e. The molecule has 6 heteroatoms. The number of rotatable bonds is 61. The summed E-state index contributed by atoms with van der Waals surface area (Å²) < 4.78 is 16.9. The Balaban J connectivity index is 4.39. The second-order valence-corrected chi connectivity index (χ2v) is 22.3. The number of allylic oxidation sites excluding steroid dienone is 20. The third-order valence-electron chi connectivity index (χ3n) is 14.4. The lowest BCUT2D eigenvalue weighted by molar-refractivity contribution is -0.167. The molecule has 0 aliphatic heterocycles. The zero-order valence-electron chi connectivity index (χ0n) is 53.0. The quantitative estimate of drug-likeness (QED) is 0.0261. The standard InChI is InChI=1S/C75H126O6/c1-4-7-10-13-16-19-22-25-28-30-32-34-35-36-37-38-39-41-42-44-47-50-53-56-59-62-65-68-74(77)80-71-72(70-79-73(76)67-64-61-58-55-52-49-46-27-24-21-18-15-12-9-6-3)81-75(78)69-66-63-60-57-54-51-48-45-43-40-33-31-29-26-23-20-17-14-11-8-5-2/h9,12,18,21-23,25-27,30-33,35-36,43,45-46,52,55,72H,4-8,10-11,13-17,19-20,24,28-29,34,37-42,44,47-51,53-54,56-71H2,1-3H3/b12-9-,21-18-,25-22-,26-23-,32-30-,33-31-,36-35-,45-43-,46-27-,55-52-. The molecule has 81 heavy (non-hydrogen) atoms. The highest BCUT2D eigenvalue weighted by Gasteiger charge is 2.19. The summed E-state index contributed by atoms with van der Waals surface area (Å²) >= 11 is 0. The summed E-state index contributed by atoms with van der Waals surface area (Å²) in [7, 11) is 0. The first-order valence-electron chi connectivity index (χ1n) is 34.0. The molecule has 0 spiro atoms. The lowest BCUT2D eigenvalue weighted by Gasteiger charge is -2.18. The van der Waals surface area contributed by atoms with Crippen molar-refractivity contribution in [1.29, 1.82) is 0 Å². The first-order chi connectivity index (χ1) is 40.0. The van der Waals surface area contributed by atoms with Crippen LogP contribution in [0, 0.1) is 0 Å². The van der Waals surface area contributed by atoms with Crippen LogP contribution in [0.4, 0.5) is 0 Å². The zero-order valence-corrected chi connectivity index (χ0v) is 53.0. The summed E-state index contributed by atoms with van der Waals surface area (Å²) in [5.41, 5.74) is 0. The van der Waals surface area contributed by atoms with Gasteiger partial charge in [-0.15, -0.1) is 0 Å². The Morgan fingerprint density at radius 2 is 0.481 bits per heavy atom. The van der Waals surface area contributed by atoms with Gasteiger partial charge < -0.3 is 14.2 Å². The van der Waals surface area contributed by atoms with Crippen LogP contribution in [0.2, 0.25) is 0 Å². The van der Waals surface area contributed by atoms with E-state index in [0.29, 0.717) is 19.3 Å². The van der Waals surface area contributed by atoms with Gasteiger partial charge in [-0.2, -0.15) is 0 Å². The molecule has 0 N–H and O–H groups in total. The average Bonchev–Trinajstić information content (AvgIpc) is 3.47. The second-order valence-electron chi connectivity index (χ2n) is 22.3. The number of hydrogen-bond acceptors (Lipinski definition) is 6. The van der Waals surface area contributed by atoms with Crippen LogP contribution in [-0.2, 0) is 28.6 Å². The third kappa shape index (κ3) is 66.5. The van der Waals surface area contributed by atoms with Crippen molar-refractivity contribution in [3.63, 3.8) is 0 Å². The fourth-order valence-electron chi connectivity index (χ4n) is 9.33. The monoisotopic (exact) mass is 1120 g/mol. The largest absolute Gasteiger partial charge is 0.462 e. The number of hydrogen-bond donors (Lipinski definition) is 0. The molecule has 0 rings (SSSR count). The van der Waals surface area contributed by atoms with Crippen LogP contribution >= 0.6 is 0 Å². The molecule has 0 aliphatic carbocycles. The summed E-state index contributed by atoms with van der Waals surface area (Å²) in [6, 6.07) is 0. The highest BCUT2D eigenvalue weighted by atomic mass is 16.6. The molecule has 0 aromatic rings. The Kier molecular flexibility index (Phi) is 64.8. The molecule has 0 aliphatic rings. The number of ether oxygens (including phenoxy) is 3. The zero-order chi connectivity index (χ0) is 58.5. The Bertz CT molecular complexity index is 1670. The van der Waals surface area contributed by atoms with Gasteiger partial charge in [0, 0.05) is 19.3 Å². The van der Waals surface area contributed by atoms with Gasteiger partial charge in [-0.25, -0.2) is 0 Å². The Morgan fingerprint density at radius 3 is 0.778 bits per heavy atom. The van der Waals surface area contributed by atoms with Crippen LogP contribution in [0.1, 0.15) is 316 Å². The van der Waals surface area contributed by atoms with E-state index in [2.05, 4.69) is 142 Å². The van der Waals surface area contributed by atoms with E-state index in [4.69, 9.17) is 14.2 Å². The minimum absolute atomic E-state index is 0.0994. The van der Waals surface area contributed by atoms with E-state index < -0.39 is 6.10 Å². The van der Waals surface area contributed by atoms with Crippen LogP contribution in [0.5, 0.6) is 0 Å². The highest BCUT2D eigenvalue weighted by Crippen LogP contribution is 2.16. The molecule has 0 radical (unpaired) electrons. The number of carbonyl (C=O) groups excluding carboxylic acids is 3. The lowest BCUT2D eigenvalue weighted by Crippen LogP contribution is -2.30. The normalized spacial score (nSPS) is 12.9. The van der Waals surface area contributed by atoms with E-state index in [1.807, 2.05) is 0 Å². The Morgan fingerprint density at radius 1 is 0.259 bits per heavy atom. The van der Waals surface area contributed by atoms with E-state index >= 15 is 0 Å². The average molecular weight is 1120 g/mol. The van der Waals surface area contributed by atoms with Crippen molar-refractivity contribution >= 4 is 17.9 Å². The van der Waals surface area contributed by atoms with Gasteiger partial charge in [-0.1, -0.05) is 284 Å². The van der Waals surface area contributed by atoms with Crippen LogP contribution in [0.25, 0.3) is 0 Å². The van der Waals surface area contributed by atoms with Gasteiger partial charge in [0.25, 0.3) is 0 Å². The van der Waals surface area contributed by atoms with Crippen molar-refractivity contribution in [2.45, 2.75) is 322 Å². The second kappa shape index (κ2) is 68.3. The molecule has 0 amide bonds. The predicted octanol–water partition coefficient (Wildman–Crippen LogP) is 23.6. The molecule has 6 nitrogen and oxygen atoms in total. The van der Waals surface area contributed by atoms with Crippen LogP contribution < -0.4 is 0 Å². The SMILES string of the molecule is CC/C=C\C/C=C\C/C=C\C/C=C\CCCCC(=O)OCC(COC(=O)CCCCCCCCCCCCCC/C=C\C/C=C\C/C=C\CCCCCCC)OC(=O)CCCCCCCC/C=C\C/C=C\C/C=C\CCCCCCC. The van der Waals surface area contributed by atoms with Crippen LogP contribution in [0.3, 0.4) is 0 Å². The molecule has 0 saturated carbocycles. The molecular formula is C75H126O6. The van der Waals surface area contributed by atoms with Crippen LogP contribution in [-0.4, -0.2) is 37.2 Å². The first kappa shape index (κ1) is 76.8. The maximum atomic E-state index is 12.9. The van der Waals surface area contributed by atoms with Crippen molar-refractivity contribution < 1.29 is 28.6 Å². The third-order valence-corrected chi connectivity index (χ3v) is 14.4. The van der Waals surface area contributed by atoms with Gasteiger partial charge in [0.2, 0.25) is 0 Å². The van der Waals surface area contributed by atoms with Crippen molar-refractivity contribution in [2.75, 3.05) is 13.2 Å². The van der Waals surface area contributed by atoms with E-state index in [1.54, 1.807) is 0 Å². The predicted molar refractivity (Wildman–Crippen MR) is 353 cm³/mol. The van der Waals surface area contributed by atoms with Gasteiger partial charge >= 0.3 is 17.9 Å². The molecule has 0 bridgehead atoms. The molecule has 462 valence electrons. The Hall–Kier alpha value is -4.19. The number of carbonyl (C=O) groups is 3. The molecule has 0 aromatic heterocycles. The van der Waals surface area contributed by atoms with Gasteiger partial charge in [0.15, 0.2) is 6.10 Å². The van der Waals surface area contributed by atoms with Crippen molar-refractivity contribution in [1.82, 2.24) is 0 Å². The highest BCUT2D eigenvalue weighted by molar-refractivity contribution is 5.71. The topological polar surface area (TPSA) is 78.9 Å². The summed E-state index contributed by atoms with van der Waals surface area (Å²) in [6.45, 7) is 6.48. The van der Waals surface area contributed by atoms with Gasteiger partial charge in [0.1, 0.15) is 13.2 Å². The molecule has 0 fully saturated rings. The van der Waals surface area contributed by atoms with Crippen molar-refractivity contribution in [2.24, 2.45) is 0 Å². The van der Waals surface area contributed by atoms with Gasteiger partial charge in [0.05, 0.1) is 0 Å². The number of unbranched alkanes of at least 4 members (excludes halogenated alkanes) is 30. The molecule has 0 aromatic carbocycles. The van der Waals surface area contributed by atoms with Gasteiger partial charge in [-0.05, 0) is 135 Å². The number of esters is 3. The van der Waals surface area contributed by atoms with E-state index in [9.17, 15) is 14.4 Å². The van der Waals surface area contributed by atoms with E-state index in [1.165, 1.54) is 154 Å². The maximum absolute atomic E-state index is 12.9. The van der Waals surface area contributed by atoms with Gasteiger partial charge in [-0.3, -0.25) is 14.4 Å². The minimum Gasteiger partial charge on any atom is -0.462 e. The van der Waals surface area contributed by atoms with E-state index in [-0.39, 0.29) is 31.1 Å². The maximum Gasteiger partial charge on any atom is 0.306 e. The molecule has 0 heterocycles. The lowest BCUT2D eigenvalue weighted by atomic mass is 10.0. The Labute approximate surface area is 501 Å². The minimum atomic E-state index is -0.808. The van der Waals surface area contributed by atoms with Crippen LogP contribution in [0.15, 0.2) is 122 Å². The van der Waals surface area contributed by atoms with Crippen molar-refractivity contribution in [3.05, 3.63) is 122 Å². The summed E-state index contributed by atoms with van der Waals surface area (Å²) in [6.07, 6.45) is 95.0. The summed E-state index contributed by atoms with van der Waals surface area (Å²) in [5, 5.41) is 0. The molecular weight excluding hydrogens is 997 g/mol. The summed E-state index contributed by atoms with van der Waals surface area (Å²) in [5.74, 6) is -0.950. The molecule has 0 saturated heterocycles. The molecule has 1 atom stereocenters. The van der Waals surface area contributed by atoms with E-state index in [0.717, 1.165) is 122 Å². The fourth-order valence-corrected chi connectivity index (χ4v) is 9.33. The van der Waals surface area contributed by atoms with Crippen molar-refractivity contribution in [3.8, 4) is 0 Å². The summed E-state index contributed by atoms with van der Waals surface area (Å²) in [4.78, 5) is 38.4. The fraction of sp³-hybridized carbons (Fsp3) is 0.693. The molecule has 1 unspecified atom stereocenters. The first-order valence-corrected chi connectivity index (χ1v) is 34.0.